The Balaban J connectivity index is 1.55. The molecule has 2 aromatic carbocycles. The zero-order chi connectivity index (χ0) is 25.4. The van der Waals surface area contributed by atoms with Crippen molar-refractivity contribution in [3.63, 3.8) is 0 Å². The number of benzene rings is 2. The smallest absolute Gasteiger partial charge is 0.230 e. The van der Waals surface area contributed by atoms with Crippen molar-refractivity contribution in [2.75, 3.05) is 52.4 Å². The minimum absolute atomic E-state index is 0.0895. The van der Waals surface area contributed by atoms with Crippen LogP contribution in [-0.2, 0) is 0 Å². The van der Waals surface area contributed by atoms with Crippen molar-refractivity contribution in [3.8, 4) is 23.1 Å². The Hall–Kier alpha value is -3.21. The molecule has 0 radical (unpaired) electrons. The summed E-state index contributed by atoms with van der Waals surface area (Å²) >= 11 is 7.66. The van der Waals surface area contributed by atoms with Crippen LogP contribution in [0.15, 0.2) is 36.4 Å². The highest BCUT2D eigenvalue weighted by atomic mass is 35.5. The first-order valence-corrected chi connectivity index (χ1v) is 12.7. The Labute approximate surface area is 218 Å². The number of aryl methyl sites for hydroxylation is 1. The van der Waals surface area contributed by atoms with Gasteiger partial charge in [-0.05, 0) is 42.8 Å². The van der Waals surface area contributed by atoms with Crippen LogP contribution in [0.4, 0.5) is 5.69 Å². The zero-order valence-corrected chi connectivity index (χ0v) is 22.1. The second kappa shape index (κ2) is 10.0. The zero-order valence-electron chi connectivity index (χ0n) is 20.6. The molecule has 1 atom stereocenters. The van der Waals surface area contributed by atoms with Gasteiger partial charge in [0.05, 0.1) is 32.2 Å². The van der Waals surface area contributed by atoms with E-state index >= 15 is 0 Å². The average molecular weight is 530 g/mol. The highest BCUT2D eigenvalue weighted by molar-refractivity contribution is 7.17. The molecule has 0 amide bonds. The van der Waals surface area contributed by atoms with Gasteiger partial charge < -0.3 is 24.2 Å². The first-order valence-electron chi connectivity index (χ1n) is 11.5. The van der Waals surface area contributed by atoms with E-state index in [9.17, 15) is 5.11 Å². The van der Waals surface area contributed by atoms with Gasteiger partial charge >= 0.3 is 0 Å². The molecule has 0 unspecified atom stereocenters. The summed E-state index contributed by atoms with van der Waals surface area (Å²) in [5, 5.41) is 16.3. The van der Waals surface area contributed by atoms with Gasteiger partial charge in [-0.15, -0.1) is 5.10 Å². The van der Waals surface area contributed by atoms with E-state index in [1.165, 1.54) is 15.9 Å². The van der Waals surface area contributed by atoms with Gasteiger partial charge in [-0.3, -0.25) is 4.90 Å². The number of halogens is 1. The second-order valence-electron chi connectivity index (χ2n) is 8.51. The third kappa shape index (κ3) is 4.40. The van der Waals surface area contributed by atoms with Crippen LogP contribution in [-0.4, -0.2) is 72.1 Å². The predicted octanol–water partition coefficient (Wildman–Crippen LogP) is 4.40. The quantitative estimate of drug-likeness (QED) is 0.377. The number of hydrogen-bond acceptors (Lipinski definition) is 9. The van der Waals surface area contributed by atoms with E-state index in [0.717, 1.165) is 47.3 Å². The van der Waals surface area contributed by atoms with Crippen LogP contribution in [0, 0.1) is 6.92 Å². The Morgan fingerprint density at radius 2 is 1.69 bits per heavy atom. The van der Waals surface area contributed by atoms with E-state index in [1.807, 2.05) is 37.3 Å². The maximum Gasteiger partial charge on any atom is 0.230 e. The number of methoxy groups -OCH3 is 3. The van der Waals surface area contributed by atoms with Crippen molar-refractivity contribution in [2.24, 2.45) is 0 Å². The number of nitrogens with zero attached hydrogens (tertiary/aromatic N) is 5. The molecule has 0 aliphatic carbocycles. The Bertz CT molecular complexity index is 1360. The van der Waals surface area contributed by atoms with Crippen molar-refractivity contribution in [1.29, 1.82) is 0 Å². The lowest BCUT2D eigenvalue weighted by Crippen LogP contribution is -2.47. The molecule has 11 heteroatoms. The largest absolute Gasteiger partial charge is 0.493 e. The molecule has 3 heterocycles. The Kier molecular flexibility index (Phi) is 6.83. The fourth-order valence-corrected chi connectivity index (χ4v) is 6.07. The van der Waals surface area contributed by atoms with E-state index in [-0.39, 0.29) is 11.9 Å². The highest BCUT2D eigenvalue weighted by Gasteiger charge is 2.33. The summed E-state index contributed by atoms with van der Waals surface area (Å²) in [6, 6.07) is 11.5. The van der Waals surface area contributed by atoms with E-state index in [0.29, 0.717) is 28.0 Å². The molecule has 5 rings (SSSR count). The molecular formula is C25H28ClN5O4S. The SMILES string of the molecule is COc1cc([C@@H](c2sc3nc(C)nn3c2O)N2CCN(c3cccc(Cl)c3)CC2)cc(OC)c1OC. The lowest BCUT2D eigenvalue weighted by molar-refractivity contribution is 0.210. The van der Waals surface area contributed by atoms with Crippen LogP contribution in [0.5, 0.6) is 23.1 Å². The highest BCUT2D eigenvalue weighted by Crippen LogP contribution is 2.45. The summed E-state index contributed by atoms with van der Waals surface area (Å²) in [6.07, 6.45) is 0. The molecule has 190 valence electrons. The third-order valence-corrected chi connectivity index (χ3v) is 7.72. The molecule has 1 N–H and O–H groups in total. The number of anilines is 1. The first-order chi connectivity index (χ1) is 17.4. The van der Waals surface area contributed by atoms with Gasteiger partial charge in [-0.1, -0.05) is 29.0 Å². The number of hydrogen-bond donors (Lipinski definition) is 1. The normalized spacial score (nSPS) is 15.3. The topological polar surface area (TPSA) is 84.6 Å². The standard InChI is InChI=1S/C25H28ClN5O4S/c1-15-27-25-31(28-15)24(32)23(36-25)21(16-12-19(33-2)22(35-4)20(13-16)34-3)30-10-8-29(9-11-30)18-7-5-6-17(26)14-18/h5-7,12-14,21,32H,8-11H2,1-4H3/t21-/m0/s1. The summed E-state index contributed by atoms with van der Waals surface area (Å²) in [6.45, 7) is 4.95. The molecule has 4 aromatic rings. The van der Waals surface area contributed by atoms with E-state index in [4.69, 9.17) is 25.8 Å². The number of piperazine rings is 1. The summed E-state index contributed by atoms with van der Waals surface area (Å²) in [5.74, 6) is 2.35. The lowest BCUT2D eigenvalue weighted by atomic mass is 10.0. The van der Waals surface area contributed by atoms with Crippen LogP contribution >= 0.6 is 22.9 Å². The monoisotopic (exact) mass is 529 g/mol. The van der Waals surface area contributed by atoms with Crippen LogP contribution in [0.25, 0.3) is 4.96 Å². The fourth-order valence-electron chi connectivity index (χ4n) is 4.72. The predicted molar refractivity (Wildman–Crippen MR) is 140 cm³/mol. The van der Waals surface area contributed by atoms with Gasteiger partial charge in [0.25, 0.3) is 0 Å². The van der Waals surface area contributed by atoms with E-state index in [2.05, 4.69) is 25.9 Å². The molecule has 0 spiro atoms. The van der Waals surface area contributed by atoms with Crippen molar-refractivity contribution >= 4 is 33.6 Å². The Morgan fingerprint density at radius 3 is 2.28 bits per heavy atom. The molecule has 1 fully saturated rings. The second-order valence-corrected chi connectivity index (χ2v) is 9.95. The molecule has 9 nitrogen and oxygen atoms in total. The summed E-state index contributed by atoms with van der Waals surface area (Å²) in [5.41, 5.74) is 2.01. The number of aromatic nitrogens is 3. The van der Waals surface area contributed by atoms with Crippen molar-refractivity contribution < 1.29 is 19.3 Å². The van der Waals surface area contributed by atoms with Crippen molar-refractivity contribution in [3.05, 3.63) is 57.7 Å². The minimum Gasteiger partial charge on any atom is -0.493 e. The summed E-state index contributed by atoms with van der Waals surface area (Å²) < 4.78 is 18.3. The lowest BCUT2D eigenvalue weighted by Gasteiger charge is -2.40. The van der Waals surface area contributed by atoms with Crippen molar-refractivity contribution in [2.45, 2.75) is 13.0 Å². The number of thiazole rings is 1. The molecule has 2 aromatic heterocycles. The molecule has 36 heavy (non-hydrogen) atoms. The maximum atomic E-state index is 11.2. The van der Waals surface area contributed by atoms with Crippen LogP contribution < -0.4 is 19.1 Å². The fraction of sp³-hybridized carbons (Fsp3) is 0.360. The van der Waals surface area contributed by atoms with E-state index in [1.54, 1.807) is 21.3 Å². The molecule has 1 aliphatic heterocycles. The van der Waals surface area contributed by atoms with Crippen molar-refractivity contribution in [1.82, 2.24) is 19.5 Å². The number of fused-ring (bicyclic) bond motifs is 1. The molecular weight excluding hydrogens is 502 g/mol. The van der Waals surface area contributed by atoms with Gasteiger partial charge in [-0.2, -0.15) is 4.52 Å². The number of aromatic hydroxyl groups is 1. The van der Waals surface area contributed by atoms with Crippen LogP contribution in [0.1, 0.15) is 22.3 Å². The number of rotatable bonds is 7. The van der Waals surface area contributed by atoms with Gasteiger partial charge in [-0.25, -0.2) is 4.98 Å². The van der Waals surface area contributed by atoms with Gasteiger partial charge in [0.2, 0.25) is 16.6 Å². The van der Waals surface area contributed by atoms with Gasteiger partial charge in [0, 0.05) is 36.9 Å². The molecule has 0 bridgehead atoms. The summed E-state index contributed by atoms with van der Waals surface area (Å²) in [4.78, 5) is 10.5. The first kappa shape index (κ1) is 24.5. The third-order valence-electron chi connectivity index (χ3n) is 6.41. The van der Waals surface area contributed by atoms with E-state index < -0.39 is 0 Å². The van der Waals surface area contributed by atoms with Crippen LogP contribution in [0.2, 0.25) is 5.02 Å². The molecule has 1 saturated heterocycles. The average Bonchev–Trinajstić information content (AvgIpc) is 3.40. The van der Waals surface area contributed by atoms with Gasteiger partial charge in [0.15, 0.2) is 11.5 Å². The van der Waals surface area contributed by atoms with Gasteiger partial charge in [0.1, 0.15) is 5.82 Å². The summed E-state index contributed by atoms with van der Waals surface area (Å²) in [7, 11) is 4.78. The Morgan fingerprint density at radius 1 is 1.00 bits per heavy atom. The van der Waals surface area contributed by atoms with Crippen LogP contribution in [0.3, 0.4) is 0 Å². The maximum absolute atomic E-state index is 11.2. The molecule has 1 aliphatic rings. The number of ether oxygens (including phenoxy) is 3. The molecule has 0 saturated carbocycles. The minimum atomic E-state index is -0.269.